The fourth-order valence-corrected chi connectivity index (χ4v) is 3.19. The van der Waals surface area contributed by atoms with Crippen LogP contribution in [0.15, 0.2) is 42.6 Å². The number of carbonyl (C=O) groups is 1. The largest absolute Gasteiger partial charge is 0.356 e. The van der Waals surface area contributed by atoms with Crippen molar-refractivity contribution >= 4 is 29.0 Å². The van der Waals surface area contributed by atoms with E-state index in [0.29, 0.717) is 0 Å². The molecule has 1 aromatic heterocycles. The molecule has 0 aliphatic carbocycles. The summed E-state index contributed by atoms with van der Waals surface area (Å²) in [5, 5.41) is 2.55. The molecule has 4 nitrogen and oxygen atoms in total. The number of hydrogen-bond acceptors (Lipinski definition) is 3. The van der Waals surface area contributed by atoms with Gasteiger partial charge in [0.05, 0.1) is 5.02 Å². The van der Waals surface area contributed by atoms with Crippen molar-refractivity contribution in [2.75, 3.05) is 10.2 Å². The van der Waals surface area contributed by atoms with Crippen LogP contribution in [-0.2, 0) is 0 Å². The summed E-state index contributed by atoms with van der Waals surface area (Å²) in [6.45, 7) is 0. The third-order valence-corrected chi connectivity index (χ3v) is 4.64. The molecule has 1 N–H and O–H groups in total. The van der Waals surface area contributed by atoms with E-state index in [9.17, 15) is 26.7 Å². The highest BCUT2D eigenvalue weighted by atomic mass is 35.5. The number of fused-ring (bicyclic) bond motifs is 1. The summed E-state index contributed by atoms with van der Waals surface area (Å²) >= 11 is 5.80. The summed E-state index contributed by atoms with van der Waals surface area (Å²) in [5.41, 5.74) is -0.793. The number of rotatable bonds is 3. The third kappa shape index (κ3) is 2.98. The summed E-state index contributed by atoms with van der Waals surface area (Å²) in [7, 11) is 0. The molecule has 1 atom stereocenters. The average molecular weight is 426 g/mol. The van der Waals surface area contributed by atoms with Gasteiger partial charge in [-0.1, -0.05) is 29.8 Å². The molecule has 1 unspecified atom stereocenters. The molecule has 0 saturated heterocycles. The lowest BCUT2D eigenvalue weighted by Crippen LogP contribution is -2.33. The number of nitrogens with one attached hydrogen (secondary N) is 1. The lowest BCUT2D eigenvalue weighted by atomic mass is 10.1. The van der Waals surface area contributed by atoms with E-state index in [0.717, 1.165) is 4.90 Å². The maximum absolute atomic E-state index is 14.2. The average Bonchev–Trinajstić information content (AvgIpc) is 3.01. The molecule has 0 bridgehead atoms. The molecule has 2 aromatic carbocycles. The van der Waals surface area contributed by atoms with E-state index in [4.69, 9.17) is 11.6 Å². The highest BCUT2D eigenvalue weighted by molar-refractivity contribution is 6.30. The molecule has 10 heteroatoms. The Morgan fingerprint density at radius 2 is 1.52 bits per heavy atom. The van der Waals surface area contributed by atoms with E-state index < -0.39 is 46.8 Å². The highest BCUT2D eigenvalue weighted by Crippen LogP contribution is 2.39. The molecule has 1 amide bonds. The van der Waals surface area contributed by atoms with Crippen molar-refractivity contribution < 1.29 is 26.7 Å². The molecule has 148 valence electrons. The third-order valence-electron chi connectivity index (χ3n) is 4.41. The van der Waals surface area contributed by atoms with Gasteiger partial charge < -0.3 is 5.32 Å². The van der Waals surface area contributed by atoms with Crippen LogP contribution >= 0.6 is 11.6 Å². The van der Waals surface area contributed by atoms with Gasteiger partial charge in [0.15, 0.2) is 23.3 Å². The molecule has 3 aromatic rings. The minimum absolute atomic E-state index is 0.0666. The number of anilines is 2. The predicted molar refractivity (Wildman–Crippen MR) is 95.1 cm³/mol. The zero-order valence-corrected chi connectivity index (χ0v) is 14.9. The van der Waals surface area contributed by atoms with Crippen LogP contribution in [0.3, 0.4) is 0 Å². The Kier molecular flexibility index (Phi) is 4.62. The van der Waals surface area contributed by atoms with Gasteiger partial charge in [-0.2, -0.15) is 0 Å². The molecule has 4 rings (SSSR count). The van der Waals surface area contributed by atoms with Gasteiger partial charge in [-0.05, 0) is 18.2 Å². The molecule has 0 radical (unpaired) electrons. The van der Waals surface area contributed by atoms with E-state index in [1.54, 1.807) is 12.1 Å². The van der Waals surface area contributed by atoms with Gasteiger partial charge in [0.2, 0.25) is 5.82 Å². The van der Waals surface area contributed by atoms with Gasteiger partial charge in [-0.25, -0.2) is 26.9 Å². The van der Waals surface area contributed by atoms with Crippen molar-refractivity contribution in [1.82, 2.24) is 4.98 Å². The van der Waals surface area contributed by atoms with Crippen LogP contribution in [0.2, 0.25) is 5.02 Å². The summed E-state index contributed by atoms with van der Waals surface area (Å²) in [6, 6.07) is 8.94. The van der Waals surface area contributed by atoms with Crippen LogP contribution in [0.25, 0.3) is 0 Å². The molecule has 1 aliphatic rings. The van der Waals surface area contributed by atoms with Crippen LogP contribution in [0.4, 0.5) is 33.5 Å². The Morgan fingerprint density at radius 1 is 0.897 bits per heavy atom. The van der Waals surface area contributed by atoms with Gasteiger partial charge in [-0.3, -0.25) is 9.69 Å². The Labute approximate surface area is 165 Å². The number of pyridine rings is 1. The first kappa shape index (κ1) is 19.1. The minimum atomic E-state index is -2.27. The number of benzene rings is 2. The molecule has 1 aliphatic heterocycles. The van der Waals surface area contributed by atoms with Crippen LogP contribution in [0.5, 0.6) is 0 Å². The molecule has 0 spiro atoms. The lowest BCUT2D eigenvalue weighted by Gasteiger charge is -2.26. The normalized spacial score (nSPS) is 15.6. The quantitative estimate of drug-likeness (QED) is 0.356. The Bertz CT molecular complexity index is 1110. The van der Waals surface area contributed by atoms with Crippen molar-refractivity contribution in [2.24, 2.45) is 0 Å². The zero-order chi connectivity index (χ0) is 20.9. The Morgan fingerprint density at radius 3 is 2.14 bits per heavy atom. The Balaban J connectivity index is 1.86. The fourth-order valence-electron chi connectivity index (χ4n) is 3.07. The van der Waals surface area contributed by atoms with E-state index in [-0.39, 0.29) is 22.0 Å². The number of halogens is 6. The number of hydrogen-bond donors (Lipinski definition) is 1. The first-order valence-electron chi connectivity index (χ1n) is 8.13. The van der Waals surface area contributed by atoms with Gasteiger partial charge in [0.1, 0.15) is 17.7 Å². The number of carbonyl (C=O) groups excluding carboxylic acids is 1. The number of aromatic nitrogens is 1. The van der Waals surface area contributed by atoms with Gasteiger partial charge >= 0.3 is 0 Å². The van der Waals surface area contributed by atoms with Gasteiger partial charge in [0.25, 0.3) is 5.91 Å². The van der Waals surface area contributed by atoms with Crippen molar-refractivity contribution in [1.29, 1.82) is 0 Å². The first-order valence-corrected chi connectivity index (χ1v) is 8.51. The van der Waals surface area contributed by atoms with Crippen LogP contribution in [0.1, 0.15) is 22.1 Å². The molecule has 0 saturated carbocycles. The first-order chi connectivity index (χ1) is 13.8. The molecular formula is C19H9ClF5N3O. The predicted octanol–water partition coefficient (Wildman–Crippen LogP) is 5.20. The molecule has 0 fully saturated rings. The number of nitrogens with zero attached hydrogens (tertiary/aromatic N) is 2. The molecule has 29 heavy (non-hydrogen) atoms. The summed E-state index contributed by atoms with van der Waals surface area (Å²) in [6.07, 6.45) is -0.0246. The van der Waals surface area contributed by atoms with Crippen molar-refractivity contribution in [3.63, 3.8) is 0 Å². The van der Waals surface area contributed by atoms with Crippen LogP contribution in [0, 0.1) is 29.1 Å². The maximum Gasteiger partial charge on any atom is 0.261 e. The van der Waals surface area contributed by atoms with Crippen molar-refractivity contribution in [3.05, 3.63) is 87.8 Å². The summed E-state index contributed by atoms with van der Waals surface area (Å²) in [4.78, 5) is 17.9. The van der Waals surface area contributed by atoms with Gasteiger partial charge in [0, 0.05) is 17.3 Å². The summed E-state index contributed by atoms with van der Waals surface area (Å²) in [5.74, 6) is -11.1. The topological polar surface area (TPSA) is 45.2 Å². The lowest BCUT2D eigenvalue weighted by molar-refractivity contribution is 0.0992. The van der Waals surface area contributed by atoms with Crippen LogP contribution in [-0.4, -0.2) is 10.9 Å². The van der Waals surface area contributed by atoms with E-state index >= 15 is 0 Å². The van der Waals surface area contributed by atoms with E-state index in [1.807, 2.05) is 0 Å². The van der Waals surface area contributed by atoms with Crippen LogP contribution < -0.4 is 10.2 Å². The second-order valence-corrected chi connectivity index (χ2v) is 6.53. The van der Waals surface area contributed by atoms with Crippen molar-refractivity contribution in [2.45, 2.75) is 6.17 Å². The van der Waals surface area contributed by atoms with Gasteiger partial charge in [-0.15, -0.1) is 0 Å². The second kappa shape index (κ2) is 7.00. The van der Waals surface area contributed by atoms with E-state index in [1.165, 1.54) is 30.5 Å². The van der Waals surface area contributed by atoms with Crippen molar-refractivity contribution in [3.8, 4) is 0 Å². The smallest absolute Gasteiger partial charge is 0.261 e. The Hall–Kier alpha value is -3.20. The summed E-state index contributed by atoms with van der Waals surface area (Å²) < 4.78 is 68.9. The number of amides is 1. The highest BCUT2D eigenvalue weighted by Gasteiger charge is 2.40. The molecule has 2 heterocycles. The minimum Gasteiger partial charge on any atom is -0.356 e. The SMILES string of the molecule is O=C1c2ccccc2C(Nc2c(F)c(F)c(F)c(F)c2F)N1c1ccc(Cl)cn1. The monoisotopic (exact) mass is 425 g/mol. The fraction of sp³-hybridized carbons (Fsp3) is 0.0526. The maximum atomic E-state index is 14.2. The molecular weight excluding hydrogens is 417 g/mol. The standard InChI is InChI=1S/C19H9ClF5N3O/c20-8-5-6-11(26-7-8)28-18(9-3-1-2-4-10(9)19(28)29)27-17-15(24)13(22)12(21)14(23)16(17)25/h1-7,18,27H. The van der Waals surface area contributed by atoms with E-state index in [2.05, 4.69) is 10.3 Å². The second-order valence-electron chi connectivity index (χ2n) is 6.09. The zero-order valence-electron chi connectivity index (χ0n) is 14.2.